The second-order valence-corrected chi connectivity index (χ2v) is 6.18. The zero-order valence-corrected chi connectivity index (χ0v) is 12.2. The molecule has 0 fully saturated rings. The number of nitrogens with two attached hydrogens (primary N) is 2. The van der Waals surface area contributed by atoms with Crippen LogP contribution in [0.2, 0.25) is 5.02 Å². The van der Waals surface area contributed by atoms with Crippen LogP contribution in [0.5, 0.6) is 0 Å². The highest BCUT2D eigenvalue weighted by Crippen LogP contribution is 2.31. The van der Waals surface area contributed by atoms with Gasteiger partial charge in [0.05, 0.1) is 0 Å². The molecular weight excluding hydrogens is 296 g/mol. The van der Waals surface area contributed by atoms with Gasteiger partial charge in [0.25, 0.3) is 10.0 Å². The van der Waals surface area contributed by atoms with Crippen molar-refractivity contribution < 1.29 is 8.42 Å². The average Bonchev–Trinajstić information content (AvgIpc) is 2.31. The summed E-state index contributed by atoms with van der Waals surface area (Å²) >= 11 is 7.20. The van der Waals surface area contributed by atoms with Gasteiger partial charge in [-0.15, -0.1) is 16.2 Å². The van der Waals surface area contributed by atoms with Gasteiger partial charge in [0.1, 0.15) is 4.90 Å². The lowest BCUT2D eigenvalue weighted by molar-refractivity contribution is 0.595. The fourth-order valence-corrected chi connectivity index (χ4v) is 3.54. The maximum Gasteiger partial charge on any atom is 0.286 e. The van der Waals surface area contributed by atoms with E-state index >= 15 is 0 Å². The summed E-state index contributed by atoms with van der Waals surface area (Å²) in [6.07, 6.45) is 1.74. The molecule has 9 heteroatoms. The number of nitrogens with one attached hydrogen (secondary N) is 1. The molecule has 0 aromatic heterocycles. The number of aryl methyl sites for hydroxylation is 1. The Bertz CT molecular complexity index is 586. The summed E-state index contributed by atoms with van der Waals surface area (Å²) in [5.74, 6) is 4.61. The average molecular weight is 309 g/mol. The maximum atomic E-state index is 12.0. The molecule has 0 saturated heterocycles. The summed E-state index contributed by atoms with van der Waals surface area (Å²) in [4.78, 5) is 0.550. The van der Waals surface area contributed by atoms with E-state index in [2.05, 4.69) is 4.40 Å². The Morgan fingerprint density at radius 3 is 2.61 bits per heavy atom. The SMILES string of the molecule is CSc1cc(Cl)c(C)cc1S(=O)(=O)/N=C(\N)NN. The van der Waals surface area contributed by atoms with Crippen molar-refractivity contribution in [1.82, 2.24) is 5.43 Å². The van der Waals surface area contributed by atoms with Gasteiger partial charge in [0.15, 0.2) is 0 Å². The minimum absolute atomic E-state index is 0.0510. The van der Waals surface area contributed by atoms with Crippen molar-refractivity contribution in [3.63, 3.8) is 0 Å². The largest absolute Gasteiger partial charge is 0.368 e. The number of hydrogen-bond donors (Lipinski definition) is 3. The molecule has 0 spiro atoms. The standard InChI is InChI=1S/C9H13ClN4O2S2/c1-5-3-8(7(17-2)4-6(5)10)18(15,16)14-9(11)13-12/h3-4H,12H2,1-2H3,(H3,11,13,14). The Labute approximate surface area is 115 Å². The van der Waals surface area contributed by atoms with Crippen LogP contribution in [-0.4, -0.2) is 20.6 Å². The van der Waals surface area contributed by atoms with Gasteiger partial charge >= 0.3 is 0 Å². The number of sulfonamides is 1. The Kier molecular flexibility index (Phi) is 4.85. The molecule has 0 aliphatic rings. The van der Waals surface area contributed by atoms with Crippen LogP contribution in [0, 0.1) is 6.92 Å². The van der Waals surface area contributed by atoms with Crippen LogP contribution >= 0.6 is 23.4 Å². The number of benzene rings is 1. The van der Waals surface area contributed by atoms with E-state index in [1.807, 2.05) is 5.43 Å². The van der Waals surface area contributed by atoms with Crippen molar-refractivity contribution in [2.75, 3.05) is 6.26 Å². The van der Waals surface area contributed by atoms with Gasteiger partial charge < -0.3 is 5.73 Å². The van der Waals surface area contributed by atoms with Gasteiger partial charge in [-0.3, -0.25) is 5.43 Å². The Morgan fingerprint density at radius 2 is 2.11 bits per heavy atom. The lowest BCUT2D eigenvalue weighted by Gasteiger charge is -2.08. The fourth-order valence-electron chi connectivity index (χ4n) is 1.20. The van der Waals surface area contributed by atoms with Crippen LogP contribution in [0.25, 0.3) is 0 Å². The van der Waals surface area contributed by atoms with Gasteiger partial charge in [-0.25, -0.2) is 5.84 Å². The van der Waals surface area contributed by atoms with Crippen LogP contribution in [0.15, 0.2) is 26.3 Å². The van der Waals surface area contributed by atoms with E-state index in [0.29, 0.717) is 15.5 Å². The van der Waals surface area contributed by atoms with E-state index in [9.17, 15) is 8.42 Å². The predicted octanol–water partition coefficient (Wildman–Crippen LogP) is 0.837. The highest BCUT2D eigenvalue weighted by molar-refractivity contribution is 7.99. The molecule has 0 heterocycles. The first-order valence-electron chi connectivity index (χ1n) is 4.73. The first kappa shape index (κ1) is 15.1. The zero-order valence-electron chi connectivity index (χ0n) is 9.77. The first-order chi connectivity index (χ1) is 8.31. The van der Waals surface area contributed by atoms with Crippen molar-refractivity contribution in [3.05, 3.63) is 22.7 Å². The summed E-state index contributed by atoms with van der Waals surface area (Å²) in [7, 11) is -3.91. The summed E-state index contributed by atoms with van der Waals surface area (Å²) < 4.78 is 27.4. The van der Waals surface area contributed by atoms with Gasteiger partial charge in [0, 0.05) is 9.92 Å². The molecule has 1 aromatic carbocycles. The number of hydrazine groups is 1. The smallest absolute Gasteiger partial charge is 0.286 e. The third-order valence-corrected chi connectivity index (χ3v) is 4.73. The minimum Gasteiger partial charge on any atom is -0.368 e. The first-order valence-corrected chi connectivity index (χ1v) is 7.77. The molecule has 1 rings (SSSR count). The maximum absolute atomic E-state index is 12.0. The number of thioether (sulfide) groups is 1. The fraction of sp³-hybridized carbons (Fsp3) is 0.222. The lowest BCUT2D eigenvalue weighted by Crippen LogP contribution is -2.37. The van der Waals surface area contributed by atoms with E-state index in [4.69, 9.17) is 23.2 Å². The van der Waals surface area contributed by atoms with E-state index < -0.39 is 10.0 Å². The van der Waals surface area contributed by atoms with Crippen LogP contribution in [0.1, 0.15) is 5.56 Å². The number of halogens is 1. The number of nitrogens with zero attached hydrogens (tertiary/aromatic N) is 1. The number of rotatable bonds is 3. The normalized spacial score (nSPS) is 12.6. The molecule has 5 N–H and O–H groups in total. The molecule has 100 valence electrons. The molecule has 0 radical (unpaired) electrons. The lowest BCUT2D eigenvalue weighted by atomic mass is 10.2. The van der Waals surface area contributed by atoms with E-state index in [-0.39, 0.29) is 10.9 Å². The second kappa shape index (κ2) is 5.79. The van der Waals surface area contributed by atoms with Crippen LogP contribution in [-0.2, 0) is 10.0 Å². The molecule has 0 atom stereocenters. The Hall–Kier alpha value is -0.960. The quantitative estimate of drug-likeness (QED) is 0.251. The third kappa shape index (κ3) is 3.29. The van der Waals surface area contributed by atoms with Gasteiger partial charge in [-0.1, -0.05) is 11.6 Å². The van der Waals surface area contributed by atoms with Crippen molar-refractivity contribution in [1.29, 1.82) is 0 Å². The molecule has 18 heavy (non-hydrogen) atoms. The second-order valence-electron chi connectivity index (χ2n) is 3.35. The minimum atomic E-state index is -3.91. The summed E-state index contributed by atoms with van der Waals surface area (Å²) in [5.41, 5.74) is 7.87. The molecule has 6 nitrogen and oxygen atoms in total. The zero-order chi connectivity index (χ0) is 13.9. The summed E-state index contributed by atoms with van der Waals surface area (Å²) in [5, 5.41) is 0.493. The summed E-state index contributed by atoms with van der Waals surface area (Å²) in [6, 6.07) is 3.03. The monoisotopic (exact) mass is 308 g/mol. The topological polar surface area (TPSA) is 111 Å². The molecule has 0 unspecified atom stereocenters. The van der Waals surface area contributed by atoms with Crippen LogP contribution in [0.4, 0.5) is 0 Å². The number of guanidine groups is 1. The molecular formula is C9H13ClN4O2S2. The molecule has 0 amide bonds. The predicted molar refractivity (Wildman–Crippen MR) is 74.1 cm³/mol. The highest BCUT2D eigenvalue weighted by Gasteiger charge is 2.19. The van der Waals surface area contributed by atoms with E-state index in [1.165, 1.54) is 17.8 Å². The van der Waals surface area contributed by atoms with Crippen LogP contribution in [0.3, 0.4) is 0 Å². The number of hydrogen-bond acceptors (Lipinski definition) is 4. The van der Waals surface area contributed by atoms with Gasteiger partial charge in [-0.05, 0) is 30.9 Å². The van der Waals surface area contributed by atoms with E-state index in [1.54, 1.807) is 19.2 Å². The van der Waals surface area contributed by atoms with Gasteiger partial charge in [0.2, 0.25) is 5.96 Å². The molecule has 0 aliphatic carbocycles. The van der Waals surface area contributed by atoms with Crippen molar-refractivity contribution >= 4 is 39.3 Å². The van der Waals surface area contributed by atoms with Crippen molar-refractivity contribution in [2.45, 2.75) is 16.7 Å². The van der Waals surface area contributed by atoms with Crippen LogP contribution < -0.4 is 17.0 Å². The van der Waals surface area contributed by atoms with Crippen molar-refractivity contribution in [2.24, 2.45) is 16.0 Å². The van der Waals surface area contributed by atoms with E-state index in [0.717, 1.165) is 0 Å². The highest BCUT2D eigenvalue weighted by atomic mass is 35.5. The molecule has 1 aromatic rings. The molecule has 0 aliphatic heterocycles. The molecule has 0 saturated carbocycles. The van der Waals surface area contributed by atoms with Crippen molar-refractivity contribution in [3.8, 4) is 0 Å². The molecule has 0 bridgehead atoms. The van der Waals surface area contributed by atoms with Gasteiger partial charge in [-0.2, -0.15) is 8.42 Å². The Morgan fingerprint density at radius 1 is 1.50 bits per heavy atom. The summed E-state index contributed by atoms with van der Waals surface area (Å²) in [6.45, 7) is 1.71. The Balaban J connectivity index is 3.46. The third-order valence-electron chi connectivity index (χ3n) is 2.09.